The minimum atomic E-state index is -0.522. The molecule has 3 heteroatoms. The summed E-state index contributed by atoms with van der Waals surface area (Å²) < 4.78 is 1.81. The lowest BCUT2D eigenvalue weighted by Gasteiger charge is -2.37. The van der Waals surface area contributed by atoms with Crippen molar-refractivity contribution in [2.75, 3.05) is 0 Å². The van der Waals surface area contributed by atoms with E-state index in [1.165, 1.54) is 12.8 Å². The van der Waals surface area contributed by atoms with Crippen LogP contribution in [0, 0.1) is 11.8 Å². The van der Waals surface area contributed by atoms with Gasteiger partial charge in [0.1, 0.15) is 0 Å². The lowest BCUT2D eigenvalue weighted by molar-refractivity contribution is -0.0197. The molecule has 2 atom stereocenters. The van der Waals surface area contributed by atoms with E-state index in [-0.39, 0.29) is 0 Å². The van der Waals surface area contributed by atoms with Crippen LogP contribution in [-0.4, -0.2) is 20.5 Å². The molecule has 102 valence electrons. The van der Waals surface area contributed by atoms with Gasteiger partial charge in [0.05, 0.1) is 11.3 Å². The van der Waals surface area contributed by atoms with Crippen LogP contribution in [-0.2, 0) is 13.5 Å². The monoisotopic (exact) mass is 250 g/mol. The molecule has 2 unspecified atom stereocenters. The third-order valence-electron chi connectivity index (χ3n) is 4.01. The molecule has 0 aliphatic heterocycles. The van der Waals surface area contributed by atoms with Crippen molar-refractivity contribution in [2.45, 2.75) is 58.0 Å². The molecule has 18 heavy (non-hydrogen) atoms. The van der Waals surface area contributed by atoms with E-state index in [2.05, 4.69) is 18.9 Å². The smallest absolute Gasteiger partial charge is 0.0706 e. The summed E-state index contributed by atoms with van der Waals surface area (Å²) in [5.41, 5.74) is 0.497. The van der Waals surface area contributed by atoms with Gasteiger partial charge >= 0.3 is 0 Å². The van der Waals surface area contributed by atoms with E-state index in [0.717, 1.165) is 30.9 Å². The van der Waals surface area contributed by atoms with Gasteiger partial charge in [0.2, 0.25) is 0 Å². The molecule has 2 rings (SSSR count). The molecular formula is C15H26N2O. The van der Waals surface area contributed by atoms with Crippen LogP contribution in [0.2, 0.25) is 0 Å². The Bertz CT molecular complexity index is 386. The maximum atomic E-state index is 10.8. The quantitative estimate of drug-likeness (QED) is 0.892. The third-order valence-corrected chi connectivity index (χ3v) is 4.01. The molecule has 0 saturated heterocycles. The standard InChI is InChI=1S/C15H26N2O/c1-12(2)9-13-5-4-7-15(18,10-13)11-14-6-8-17(3)16-14/h6,8,12-13,18H,4-5,7,9-11H2,1-3H3. The van der Waals surface area contributed by atoms with E-state index in [9.17, 15) is 5.11 Å². The molecule has 0 radical (unpaired) electrons. The van der Waals surface area contributed by atoms with Crippen LogP contribution >= 0.6 is 0 Å². The molecule has 1 aromatic rings. The number of aliphatic hydroxyl groups is 1. The van der Waals surface area contributed by atoms with Gasteiger partial charge in [-0.15, -0.1) is 0 Å². The van der Waals surface area contributed by atoms with Gasteiger partial charge in [-0.2, -0.15) is 5.10 Å². The number of nitrogens with zero attached hydrogens (tertiary/aromatic N) is 2. The van der Waals surface area contributed by atoms with Crippen LogP contribution in [0.5, 0.6) is 0 Å². The van der Waals surface area contributed by atoms with Crippen molar-refractivity contribution < 1.29 is 5.11 Å². The topological polar surface area (TPSA) is 38.0 Å². The van der Waals surface area contributed by atoms with E-state index in [1.54, 1.807) is 0 Å². The second-order valence-electron chi connectivity index (χ2n) is 6.47. The lowest BCUT2D eigenvalue weighted by atomic mass is 9.73. The molecule has 1 heterocycles. The molecule has 0 aromatic carbocycles. The molecule has 0 spiro atoms. The summed E-state index contributed by atoms with van der Waals surface area (Å²) in [6, 6.07) is 2.02. The fourth-order valence-corrected chi connectivity index (χ4v) is 3.38. The second kappa shape index (κ2) is 5.43. The Kier molecular flexibility index (Phi) is 4.10. The van der Waals surface area contributed by atoms with Crippen LogP contribution in [0.1, 0.15) is 51.6 Å². The summed E-state index contributed by atoms with van der Waals surface area (Å²) in [6.45, 7) is 4.54. The fraction of sp³-hybridized carbons (Fsp3) is 0.800. The highest BCUT2D eigenvalue weighted by molar-refractivity contribution is 5.05. The first-order chi connectivity index (χ1) is 8.47. The highest BCUT2D eigenvalue weighted by Gasteiger charge is 2.35. The molecule has 1 saturated carbocycles. The molecule has 1 N–H and O–H groups in total. The van der Waals surface area contributed by atoms with Crippen molar-refractivity contribution in [1.29, 1.82) is 0 Å². The summed E-state index contributed by atoms with van der Waals surface area (Å²) in [5.74, 6) is 1.42. The minimum absolute atomic E-state index is 0.522. The van der Waals surface area contributed by atoms with Crippen LogP contribution in [0.15, 0.2) is 12.3 Å². The van der Waals surface area contributed by atoms with Crippen LogP contribution < -0.4 is 0 Å². The van der Waals surface area contributed by atoms with Gasteiger partial charge in [-0.3, -0.25) is 4.68 Å². The highest BCUT2D eigenvalue weighted by Crippen LogP contribution is 2.37. The zero-order valence-corrected chi connectivity index (χ0v) is 11.9. The maximum Gasteiger partial charge on any atom is 0.0706 e. The Morgan fingerprint density at radius 1 is 1.56 bits per heavy atom. The van der Waals surface area contributed by atoms with Crippen LogP contribution in [0.3, 0.4) is 0 Å². The summed E-state index contributed by atoms with van der Waals surface area (Å²) in [5, 5.41) is 15.2. The average molecular weight is 250 g/mol. The van der Waals surface area contributed by atoms with Crippen molar-refractivity contribution in [3.8, 4) is 0 Å². The van der Waals surface area contributed by atoms with Gasteiger partial charge in [0.25, 0.3) is 0 Å². The Labute approximate surface area is 110 Å². The Balaban J connectivity index is 1.97. The Morgan fingerprint density at radius 2 is 2.33 bits per heavy atom. The Morgan fingerprint density at radius 3 is 2.94 bits per heavy atom. The number of aromatic nitrogens is 2. The van der Waals surface area contributed by atoms with Gasteiger partial charge < -0.3 is 5.11 Å². The zero-order valence-electron chi connectivity index (χ0n) is 11.9. The van der Waals surface area contributed by atoms with Crippen LogP contribution in [0.4, 0.5) is 0 Å². The summed E-state index contributed by atoms with van der Waals surface area (Å²) in [6.07, 6.45) is 8.21. The first-order valence-corrected chi connectivity index (χ1v) is 7.18. The second-order valence-corrected chi connectivity index (χ2v) is 6.47. The van der Waals surface area contributed by atoms with Gasteiger partial charge in [-0.1, -0.05) is 26.7 Å². The predicted octanol–water partition coefficient (Wildman–Crippen LogP) is 2.93. The van der Waals surface area contributed by atoms with E-state index >= 15 is 0 Å². The minimum Gasteiger partial charge on any atom is -0.389 e. The van der Waals surface area contributed by atoms with E-state index < -0.39 is 5.60 Å². The molecule has 3 nitrogen and oxygen atoms in total. The average Bonchev–Trinajstić information content (AvgIpc) is 2.62. The lowest BCUT2D eigenvalue weighted by Crippen LogP contribution is -2.38. The zero-order chi connectivity index (χ0) is 13.2. The number of rotatable bonds is 4. The summed E-state index contributed by atoms with van der Waals surface area (Å²) in [4.78, 5) is 0. The molecule has 1 aliphatic rings. The van der Waals surface area contributed by atoms with E-state index in [4.69, 9.17) is 0 Å². The van der Waals surface area contributed by atoms with E-state index in [0.29, 0.717) is 12.3 Å². The highest BCUT2D eigenvalue weighted by atomic mass is 16.3. The van der Waals surface area contributed by atoms with E-state index in [1.807, 2.05) is 24.0 Å². The van der Waals surface area contributed by atoms with Gasteiger partial charge in [-0.25, -0.2) is 0 Å². The van der Waals surface area contributed by atoms with Crippen molar-refractivity contribution in [1.82, 2.24) is 9.78 Å². The third kappa shape index (κ3) is 3.58. The van der Waals surface area contributed by atoms with Gasteiger partial charge in [0.15, 0.2) is 0 Å². The SMILES string of the molecule is CC(C)CC1CCCC(O)(Cc2ccn(C)n2)C1. The van der Waals surface area contributed by atoms with Crippen molar-refractivity contribution in [2.24, 2.45) is 18.9 Å². The molecule has 1 aromatic heterocycles. The molecule has 1 aliphatic carbocycles. The summed E-state index contributed by atoms with van der Waals surface area (Å²) in [7, 11) is 1.93. The first kappa shape index (κ1) is 13.6. The largest absolute Gasteiger partial charge is 0.389 e. The summed E-state index contributed by atoms with van der Waals surface area (Å²) >= 11 is 0. The van der Waals surface area contributed by atoms with Gasteiger partial charge in [-0.05, 0) is 37.2 Å². The Hall–Kier alpha value is -0.830. The van der Waals surface area contributed by atoms with Crippen LogP contribution in [0.25, 0.3) is 0 Å². The molecular weight excluding hydrogens is 224 g/mol. The molecule has 0 bridgehead atoms. The predicted molar refractivity (Wildman–Crippen MR) is 73.3 cm³/mol. The number of hydrogen-bond acceptors (Lipinski definition) is 2. The van der Waals surface area contributed by atoms with Crippen molar-refractivity contribution >= 4 is 0 Å². The molecule has 0 amide bonds. The molecule has 1 fully saturated rings. The maximum absolute atomic E-state index is 10.8. The van der Waals surface area contributed by atoms with Crippen molar-refractivity contribution in [3.63, 3.8) is 0 Å². The number of aryl methyl sites for hydroxylation is 1. The number of hydrogen-bond donors (Lipinski definition) is 1. The van der Waals surface area contributed by atoms with Crippen molar-refractivity contribution in [3.05, 3.63) is 18.0 Å². The fourth-order valence-electron chi connectivity index (χ4n) is 3.38. The van der Waals surface area contributed by atoms with Gasteiger partial charge in [0, 0.05) is 19.7 Å². The normalized spacial score (nSPS) is 28.8. The first-order valence-electron chi connectivity index (χ1n) is 7.18.